The van der Waals surface area contributed by atoms with Crippen molar-refractivity contribution in [3.05, 3.63) is 6.07 Å². The van der Waals surface area contributed by atoms with Crippen LogP contribution in [-0.4, -0.2) is 21.6 Å². The van der Waals surface area contributed by atoms with Crippen LogP contribution < -0.4 is 11.1 Å². The van der Waals surface area contributed by atoms with Gasteiger partial charge in [0.1, 0.15) is 10.8 Å². The standard InChI is InChI=1S/C8H15N3OS/c1-8(2,12)3-4-10-7-5-6(9)11-13-7/h5,10,12H,3-4H2,1-2H3,(H2,9,11). The van der Waals surface area contributed by atoms with Crippen LogP contribution in [0.3, 0.4) is 0 Å². The Kier molecular flexibility index (Phi) is 3.11. The summed E-state index contributed by atoms with van der Waals surface area (Å²) in [5, 5.41) is 13.5. The molecule has 0 aliphatic carbocycles. The summed E-state index contributed by atoms with van der Waals surface area (Å²) in [5.74, 6) is 0.538. The molecule has 1 heterocycles. The van der Waals surface area contributed by atoms with Gasteiger partial charge >= 0.3 is 0 Å². The second-order valence-corrected chi connectivity index (χ2v) is 4.41. The molecule has 0 amide bonds. The van der Waals surface area contributed by atoms with Crippen molar-refractivity contribution in [1.82, 2.24) is 4.37 Å². The number of nitrogens with one attached hydrogen (secondary N) is 1. The van der Waals surface area contributed by atoms with E-state index in [1.54, 1.807) is 19.9 Å². The smallest absolute Gasteiger partial charge is 0.139 e. The van der Waals surface area contributed by atoms with Crippen LogP contribution in [0.25, 0.3) is 0 Å². The van der Waals surface area contributed by atoms with Gasteiger partial charge in [0.2, 0.25) is 0 Å². The molecule has 74 valence electrons. The third-order valence-electron chi connectivity index (χ3n) is 1.56. The maximum Gasteiger partial charge on any atom is 0.139 e. The molecule has 1 rings (SSSR count). The minimum atomic E-state index is -0.622. The van der Waals surface area contributed by atoms with Crippen molar-refractivity contribution in [2.75, 3.05) is 17.6 Å². The molecule has 5 heteroatoms. The van der Waals surface area contributed by atoms with Crippen molar-refractivity contribution >= 4 is 22.4 Å². The largest absolute Gasteiger partial charge is 0.390 e. The predicted molar refractivity (Wildman–Crippen MR) is 55.9 cm³/mol. The van der Waals surface area contributed by atoms with Crippen molar-refractivity contribution in [2.24, 2.45) is 0 Å². The minimum absolute atomic E-state index is 0.538. The normalized spacial score (nSPS) is 11.6. The summed E-state index contributed by atoms with van der Waals surface area (Å²) < 4.78 is 3.93. The number of anilines is 2. The molecule has 0 fully saturated rings. The molecule has 0 saturated carbocycles. The molecule has 1 aromatic rings. The van der Waals surface area contributed by atoms with Gasteiger partial charge in [0, 0.05) is 12.6 Å². The van der Waals surface area contributed by atoms with Gasteiger partial charge in [0.25, 0.3) is 0 Å². The van der Waals surface area contributed by atoms with Crippen LogP contribution in [-0.2, 0) is 0 Å². The van der Waals surface area contributed by atoms with Crippen LogP contribution in [0.2, 0.25) is 0 Å². The highest BCUT2D eigenvalue weighted by molar-refractivity contribution is 7.10. The first-order valence-electron chi connectivity index (χ1n) is 4.16. The van der Waals surface area contributed by atoms with E-state index >= 15 is 0 Å². The monoisotopic (exact) mass is 201 g/mol. The van der Waals surface area contributed by atoms with Crippen LogP contribution in [0, 0.1) is 0 Å². The number of aliphatic hydroxyl groups is 1. The highest BCUT2D eigenvalue weighted by Gasteiger charge is 2.11. The Labute approximate surface area is 81.9 Å². The number of aromatic nitrogens is 1. The Morgan fingerprint density at radius 1 is 1.69 bits per heavy atom. The third kappa shape index (κ3) is 4.10. The highest BCUT2D eigenvalue weighted by atomic mass is 32.1. The molecule has 4 N–H and O–H groups in total. The fourth-order valence-corrected chi connectivity index (χ4v) is 1.46. The summed E-state index contributed by atoms with van der Waals surface area (Å²) >= 11 is 1.33. The van der Waals surface area contributed by atoms with Crippen LogP contribution in [0.5, 0.6) is 0 Å². The maximum absolute atomic E-state index is 9.42. The summed E-state index contributed by atoms with van der Waals surface area (Å²) in [5.41, 5.74) is 4.82. The van der Waals surface area contributed by atoms with Gasteiger partial charge < -0.3 is 16.2 Å². The van der Waals surface area contributed by atoms with E-state index < -0.39 is 5.60 Å². The van der Waals surface area contributed by atoms with Crippen LogP contribution in [0.15, 0.2) is 6.07 Å². The average Bonchev–Trinajstić information content (AvgIpc) is 2.33. The summed E-state index contributed by atoms with van der Waals surface area (Å²) in [6, 6.07) is 1.79. The lowest BCUT2D eigenvalue weighted by Gasteiger charge is -2.16. The van der Waals surface area contributed by atoms with Crippen LogP contribution in [0.4, 0.5) is 10.8 Å². The molecular weight excluding hydrogens is 186 g/mol. The number of nitrogen functional groups attached to an aromatic ring is 1. The Morgan fingerprint density at radius 3 is 2.85 bits per heavy atom. The van der Waals surface area contributed by atoms with Gasteiger partial charge in [-0.2, -0.15) is 4.37 Å². The number of nitrogens with two attached hydrogens (primary N) is 1. The van der Waals surface area contributed by atoms with Crippen LogP contribution in [0.1, 0.15) is 20.3 Å². The molecule has 4 nitrogen and oxygen atoms in total. The van der Waals surface area contributed by atoms with E-state index in [2.05, 4.69) is 9.69 Å². The van der Waals surface area contributed by atoms with Gasteiger partial charge in [-0.05, 0) is 31.8 Å². The average molecular weight is 201 g/mol. The Morgan fingerprint density at radius 2 is 2.38 bits per heavy atom. The van der Waals surface area contributed by atoms with E-state index in [-0.39, 0.29) is 0 Å². The first-order valence-corrected chi connectivity index (χ1v) is 4.93. The lowest BCUT2D eigenvalue weighted by atomic mass is 10.1. The highest BCUT2D eigenvalue weighted by Crippen LogP contribution is 2.18. The van der Waals surface area contributed by atoms with Crippen molar-refractivity contribution < 1.29 is 5.11 Å². The van der Waals surface area contributed by atoms with Crippen molar-refractivity contribution in [2.45, 2.75) is 25.9 Å². The summed E-state index contributed by atoms with van der Waals surface area (Å²) in [6.45, 7) is 4.30. The lowest BCUT2D eigenvalue weighted by molar-refractivity contribution is 0.0749. The fourth-order valence-electron chi connectivity index (χ4n) is 0.864. The van der Waals surface area contributed by atoms with Gasteiger partial charge in [0.15, 0.2) is 0 Å². The van der Waals surface area contributed by atoms with Crippen molar-refractivity contribution in [3.63, 3.8) is 0 Å². The second kappa shape index (κ2) is 3.93. The number of nitrogens with zero attached hydrogens (tertiary/aromatic N) is 1. The molecule has 0 aliphatic heterocycles. The first-order chi connectivity index (χ1) is 5.97. The van der Waals surface area contributed by atoms with E-state index in [1.807, 2.05) is 0 Å². The first kappa shape index (κ1) is 10.3. The number of hydrogen-bond donors (Lipinski definition) is 3. The van der Waals surface area contributed by atoms with E-state index in [9.17, 15) is 5.11 Å². The molecule has 0 radical (unpaired) electrons. The fraction of sp³-hybridized carbons (Fsp3) is 0.625. The second-order valence-electron chi connectivity index (χ2n) is 3.61. The van der Waals surface area contributed by atoms with Crippen molar-refractivity contribution in [1.29, 1.82) is 0 Å². The molecule has 0 aliphatic rings. The zero-order chi connectivity index (χ0) is 9.90. The van der Waals surface area contributed by atoms with Gasteiger partial charge in [-0.1, -0.05) is 0 Å². The molecule has 0 unspecified atom stereocenters. The predicted octanol–water partition coefficient (Wildman–Crippen LogP) is 1.30. The van der Waals surface area contributed by atoms with E-state index in [0.717, 1.165) is 11.5 Å². The van der Waals surface area contributed by atoms with Gasteiger partial charge in [-0.15, -0.1) is 0 Å². The van der Waals surface area contributed by atoms with Gasteiger partial charge in [-0.3, -0.25) is 0 Å². The summed E-state index contributed by atoms with van der Waals surface area (Å²) in [4.78, 5) is 0. The van der Waals surface area contributed by atoms with Crippen LogP contribution >= 0.6 is 11.5 Å². The van der Waals surface area contributed by atoms with E-state index in [1.165, 1.54) is 11.5 Å². The Bertz CT molecular complexity index is 267. The summed E-state index contributed by atoms with van der Waals surface area (Å²) in [7, 11) is 0. The van der Waals surface area contributed by atoms with Crippen molar-refractivity contribution in [3.8, 4) is 0 Å². The molecule has 1 aromatic heterocycles. The molecule has 0 bridgehead atoms. The Hall–Kier alpha value is -0.810. The quantitative estimate of drug-likeness (QED) is 0.686. The van der Waals surface area contributed by atoms with Gasteiger partial charge in [-0.25, -0.2) is 0 Å². The topological polar surface area (TPSA) is 71.2 Å². The van der Waals surface area contributed by atoms with E-state index in [4.69, 9.17) is 5.73 Å². The Balaban J connectivity index is 2.28. The molecule has 13 heavy (non-hydrogen) atoms. The van der Waals surface area contributed by atoms with E-state index in [0.29, 0.717) is 12.2 Å². The minimum Gasteiger partial charge on any atom is -0.390 e. The SMILES string of the molecule is CC(C)(O)CCNc1cc(N)ns1. The molecule has 0 aromatic carbocycles. The number of hydrogen-bond acceptors (Lipinski definition) is 5. The zero-order valence-electron chi connectivity index (χ0n) is 7.87. The molecule has 0 spiro atoms. The van der Waals surface area contributed by atoms with Gasteiger partial charge in [0.05, 0.1) is 5.60 Å². The lowest BCUT2D eigenvalue weighted by Crippen LogP contribution is -2.22. The molecule has 0 atom stereocenters. The maximum atomic E-state index is 9.42. The third-order valence-corrected chi connectivity index (χ3v) is 2.33. The number of rotatable bonds is 4. The molecule has 0 saturated heterocycles. The molecular formula is C8H15N3OS. The zero-order valence-corrected chi connectivity index (χ0v) is 8.69. The summed E-state index contributed by atoms with van der Waals surface area (Å²) in [6.07, 6.45) is 0.699.